The lowest BCUT2D eigenvalue weighted by Gasteiger charge is -2.13. The van der Waals surface area contributed by atoms with Crippen molar-refractivity contribution in [2.24, 2.45) is 0 Å². The summed E-state index contributed by atoms with van der Waals surface area (Å²) in [6.07, 6.45) is 3.21. The first kappa shape index (κ1) is 10.4. The fourth-order valence-corrected chi connectivity index (χ4v) is 2.15. The van der Waals surface area contributed by atoms with Gasteiger partial charge in [0.2, 0.25) is 5.56 Å². The molecule has 1 aliphatic rings. The molecule has 0 unspecified atom stereocenters. The van der Waals surface area contributed by atoms with E-state index in [-0.39, 0.29) is 5.56 Å². The Morgan fingerprint density at radius 2 is 2.24 bits per heavy atom. The van der Waals surface area contributed by atoms with Crippen molar-refractivity contribution in [1.29, 1.82) is 0 Å². The van der Waals surface area contributed by atoms with Gasteiger partial charge in [-0.25, -0.2) is 9.97 Å². The zero-order valence-corrected chi connectivity index (χ0v) is 9.46. The highest BCUT2D eigenvalue weighted by Gasteiger charge is 2.47. The highest BCUT2D eigenvalue weighted by Crippen LogP contribution is 2.49. The van der Waals surface area contributed by atoms with Crippen LogP contribution in [-0.4, -0.2) is 21.6 Å². The maximum atomic E-state index is 13.1. The van der Waals surface area contributed by atoms with Gasteiger partial charge in [-0.05, 0) is 19.8 Å². The van der Waals surface area contributed by atoms with Crippen LogP contribution >= 0.6 is 0 Å². The second kappa shape index (κ2) is 3.35. The molecule has 0 aliphatic heterocycles. The average Bonchev–Trinajstić information content (AvgIpc) is 3.08. The van der Waals surface area contributed by atoms with E-state index in [1.54, 1.807) is 13.1 Å². The van der Waals surface area contributed by atoms with Gasteiger partial charge in [-0.15, -0.1) is 0 Å². The molecule has 1 saturated carbocycles. The molecule has 0 radical (unpaired) electrons. The largest absolute Gasteiger partial charge is 0.328 e. The smallest absolute Gasteiger partial charge is 0.250 e. The van der Waals surface area contributed by atoms with E-state index in [9.17, 15) is 9.18 Å². The van der Waals surface area contributed by atoms with E-state index in [0.29, 0.717) is 11.3 Å². The van der Waals surface area contributed by atoms with Crippen LogP contribution in [0.4, 0.5) is 4.39 Å². The standard InChI is InChI=1S/C12H12FN3O/c1-7-15-9-4-10(17)14-5-8(9)11(16-7)12(6-13)2-3-12/h4-5H,2-3,6H2,1H3,(H,14,17). The van der Waals surface area contributed by atoms with E-state index in [0.717, 1.165) is 23.9 Å². The van der Waals surface area contributed by atoms with Crippen molar-refractivity contribution in [3.63, 3.8) is 0 Å². The van der Waals surface area contributed by atoms with Crippen molar-refractivity contribution < 1.29 is 4.39 Å². The summed E-state index contributed by atoms with van der Waals surface area (Å²) in [7, 11) is 0. The van der Waals surface area contributed by atoms with Crippen molar-refractivity contribution in [3.05, 3.63) is 34.1 Å². The van der Waals surface area contributed by atoms with Gasteiger partial charge in [0.1, 0.15) is 12.5 Å². The van der Waals surface area contributed by atoms with E-state index in [4.69, 9.17) is 0 Å². The zero-order chi connectivity index (χ0) is 12.0. The van der Waals surface area contributed by atoms with Crippen molar-refractivity contribution in [2.45, 2.75) is 25.2 Å². The fraction of sp³-hybridized carbons (Fsp3) is 0.417. The van der Waals surface area contributed by atoms with E-state index >= 15 is 0 Å². The number of H-pyrrole nitrogens is 1. The molecule has 4 nitrogen and oxygen atoms in total. The van der Waals surface area contributed by atoms with Crippen LogP contribution in [0.25, 0.3) is 10.9 Å². The van der Waals surface area contributed by atoms with Crippen LogP contribution in [0.3, 0.4) is 0 Å². The lowest BCUT2D eigenvalue weighted by atomic mass is 10.0. The number of aromatic amines is 1. The van der Waals surface area contributed by atoms with Gasteiger partial charge < -0.3 is 4.98 Å². The van der Waals surface area contributed by atoms with E-state index < -0.39 is 12.1 Å². The number of alkyl halides is 1. The van der Waals surface area contributed by atoms with Gasteiger partial charge in [0.05, 0.1) is 11.2 Å². The lowest BCUT2D eigenvalue weighted by molar-refractivity contribution is 0.413. The van der Waals surface area contributed by atoms with Gasteiger partial charge in [0, 0.05) is 23.1 Å². The average molecular weight is 233 g/mol. The minimum atomic E-state index is -0.440. The zero-order valence-electron chi connectivity index (χ0n) is 9.46. The molecule has 0 atom stereocenters. The van der Waals surface area contributed by atoms with Crippen LogP contribution in [0, 0.1) is 6.92 Å². The number of aryl methyl sites for hydroxylation is 1. The number of nitrogens with zero attached hydrogens (tertiary/aromatic N) is 2. The molecule has 0 saturated heterocycles. The normalized spacial score (nSPS) is 17.3. The first-order chi connectivity index (χ1) is 8.14. The molecule has 0 aromatic carbocycles. The lowest BCUT2D eigenvalue weighted by Crippen LogP contribution is -2.15. The molecule has 3 rings (SSSR count). The van der Waals surface area contributed by atoms with Crippen molar-refractivity contribution in [2.75, 3.05) is 6.67 Å². The summed E-state index contributed by atoms with van der Waals surface area (Å²) < 4.78 is 13.1. The predicted molar refractivity (Wildman–Crippen MR) is 61.8 cm³/mol. The van der Waals surface area contributed by atoms with Gasteiger partial charge in [0.15, 0.2) is 0 Å². The summed E-state index contributed by atoms with van der Waals surface area (Å²) in [4.78, 5) is 22.4. The van der Waals surface area contributed by atoms with Crippen LogP contribution in [0.15, 0.2) is 17.1 Å². The molecular weight excluding hydrogens is 221 g/mol. The molecule has 88 valence electrons. The van der Waals surface area contributed by atoms with Crippen LogP contribution in [0.1, 0.15) is 24.4 Å². The van der Waals surface area contributed by atoms with E-state index in [1.165, 1.54) is 6.07 Å². The Kier molecular flexibility index (Phi) is 2.05. The number of aromatic nitrogens is 3. The Morgan fingerprint density at radius 1 is 1.47 bits per heavy atom. The number of hydrogen-bond acceptors (Lipinski definition) is 3. The summed E-state index contributed by atoms with van der Waals surface area (Å²) in [6, 6.07) is 1.43. The number of hydrogen-bond donors (Lipinski definition) is 1. The molecule has 1 aliphatic carbocycles. The first-order valence-electron chi connectivity index (χ1n) is 5.58. The minimum absolute atomic E-state index is 0.202. The minimum Gasteiger partial charge on any atom is -0.328 e. The summed E-state index contributed by atoms with van der Waals surface area (Å²) >= 11 is 0. The highest BCUT2D eigenvalue weighted by molar-refractivity contribution is 5.81. The molecule has 2 aromatic rings. The van der Waals surface area contributed by atoms with Crippen LogP contribution in [-0.2, 0) is 5.41 Å². The topological polar surface area (TPSA) is 58.6 Å². The Bertz CT molecular complexity index is 646. The molecule has 2 aromatic heterocycles. The Morgan fingerprint density at radius 3 is 2.88 bits per heavy atom. The number of pyridine rings is 1. The first-order valence-corrected chi connectivity index (χ1v) is 5.58. The van der Waals surface area contributed by atoms with Gasteiger partial charge in [-0.1, -0.05) is 0 Å². The molecule has 1 fully saturated rings. The fourth-order valence-electron chi connectivity index (χ4n) is 2.15. The van der Waals surface area contributed by atoms with Crippen molar-refractivity contribution in [3.8, 4) is 0 Å². The summed E-state index contributed by atoms with van der Waals surface area (Å²) in [5, 5.41) is 0.755. The number of fused-ring (bicyclic) bond motifs is 1. The second-order valence-electron chi connectivity index (χ2n) is 4.63. The molecule has 5 heteroatoms. The quantitative estimate of drug-likeness (QED) is 0.857. The maximum absolute atomic E-state index is 13.1. The number of nitrogens with one attached hydrogen (secondary N) is 1. The Balaban J connectivity index is 2.34. The third-order valence-corrected chi connectivity index (χ3v) is 3.33. The SMILES string of the molecule is Cc1nc(C2(CF)CC2)c2c[nH]c(=O)cc2n1. The monoisotopic (exact) mass is 233 g/mol. The van der Waals surface area contributed by atoms with Gasteiger partial charge in [-0.3, -0.25) is 9.18 Å². The third kappa shape index (κ3) is 1.53. The molecule has 2 heterocycles. The molecule has 0 spiro atoms. The van der Waals surface area contributed by atoms with E-state index in [1.807, 2.05) is 0 Å². The van der Waals surface area contributed by atoms with Crippen LogP contribution in [0.2, 0.25) is 0 Å². The third-order valence-electron chi connectivity index (χ3n) is 3.33. The Hall–Kier alpha value is -1.78. The van der Waals surface area contributed by atoms with Crippen LogP contribution < -0.4 is 5.56 Å². The highest BCUT2D eigenvalue weighted by atomic mass is 19.1. The molecule has 1 N–H and O–H groups in total. The molecule has 17 heavy (non-hydrogen) atoms. The molecule has 0 bridgehead atoms. The number of rotatable bonds is 2. The molecular formula is C12H12FN3O. The summed E-state index contributed by atoms with van der Waals surface area (Å²) in [5.41, 5.74) is 0.686. The van der Waals surface area contributed by atoms with Gasteiger partial charge in [0.25, 0.3) is 0 Å². The van der Waals surface area contributed by atoms with Crippen molar-refractivity contribution in [1.82, 2.24) is 15.0 Å². The van der Waals surface area contributed by atoms with E-state index in [2.05, 4.69) is 15.0 Å². The number of halogens is 1. The predicted octanol–water partition coefficient (Wildman–Crippen LogP) is 1.63. The Labute approximate surface area is 96.9 Å². The summed E-state index contributed by atoms with van der Waals surface area (Å²) in [5.74, 6) is 0.581. The maximum Gasteiger partial charge on any atom is 0.250 e. The summed E-state index contributed by atoms with van der Waals surface area (Å²) in [6.45, 7) is 1.36. The molecule has 0 amide bonds. The van der Waals surface area contributed by atoms with Gasteiger partial charge >= 0.3 is 0 Å². The van der Waals surface area contributed by atoms with Crippen LogP contribution in [0.5, 0.6) is 0 Å². The second-order valence-corrected chi connectivity index (χ2v) is 4.63. The van der Waals surface area contributed by atoms with Crippen molar-refractivity contribution >= 4 is 10.9 Å². The van der Waals surface area contributed by atoms with Gasteiger partial charge in [-0.2, -0.15) is 0 Å².